The van der Waals surface area contributed by atoms with E-state index in [9.17, 15) is 8.42 Å². The molecule has 1 heterocycles. The number of nitrogens with one attached hydrogen (secondary N) is 1. The van der Waals surface area contributed by atoms with Gasteiger partial charge in [-0.25, -0.2) is 8.42 Å². The second-order valence-electron chi connectivity index (χ2n) is 6.37. The van der Waals surface area contributed by atoms with Crippen LogP contribution in [0, 0.1) is 5.92 Å². The maximum Gasteiger partial charge on any atom is 0.214 e. The summed E-state index contributed by atoms with van der Waals surface area (Å²) in [7, 11) is -3.08. The summed E-state index contributed by atoms with van der Waals surface area (Å²) in [4.78, 5) is 0. The summed E-state index contributed by atoms with van der Waals surface area (Å²) in [6.45, 7) is 4.66. The van der Waals surface area contributed by atoms with E-state index >= 15 is 0 Å². The molecule has 2 fully saturated rings. The molecule has 0 unspecified atom stereocenters. The number of hydrogen-bond acceptors (Lipinski definition) is 3. The first-order valence-corrected chi connectivity index (χ1v) is 9.94. The summed E-state index contributed by atoms with van der Waals surface area (Å²) >= 11 is 0. The summed E-state index contributed by atoms with van der Waals surface area (Å²) in [5, 5.41) is 3.32. The fourth-order valence-electron chi connectivity index (χ4n) is 3.61. The minimum atomic E-state index is -3.08. The van der Waals surface area contributed by atoms with Gasteiger partial charge in [0.1, 0.15) is 0 Å². The molecule has 1 aliphatic heterocycles. The lowest BCUT2D eigenvalue weighted by atomic mass is 9.91. The normalized spacial score (nSPS) is 23.3. The van der Waals surface area contributed by atoms with Crippen molar-refractivity contribution < 1.29 is 8.42 Å². The van der Waals surface area contributed by atoms with Crippen LogP contribution in [-0.4, -0.2) is 44.2 Å². The van der Waals surface area contributed by atoms with E-state index in [1.165, 1.54) is 19.3 Å². The minimum absolute atomic E-state index is 0.227. The van der Waals surface area contributed by atoms with E-state index in [0.717, 1.165) is 45.2 Å². The highest BCUT2D eigenvalue weighted by Crippen LogP contribution is 2.27. The summed E-state index contributed by atoms with van der Waals surface area (Å²) < 4.78 is 27.4. The van der Waals surface area contributed by atoms with Gasteiger partial charge in [-0.05, 0) is 51.1 Å². The Kier molecular flexibility index (Phi) is 6.30. The molecule has 0 aromatic heterocycles. The van der Waals surface area contributed by atoms with Gasteiger partial charge in [0.15, 0.2) is 0 Å². The monoisotopic (exact) mass is 302 g/mol. The van der Waals surface area contributed by atoms with Gasteiger partial charge in [-0.15, -0.1) is 0 Å². The molecular formula is C15H30N2O2S. The Balaban J connectivity index is 2.01. The highest BCUT2D eigenvalue weighted by molar-refractivity contribution is 7.89. The van der Waals surface area contributed by atoms with Crippen molar-refractivity contribution in [3.63, 3.8) is 0 Å². The number of nitrogens with zero attached hydrogens (tertiary/aromatic N) is 1. The third-order valence-corrected chi connectivity index (χ3v) is 6.78. The van der Waals surface area contributed by atoms with Crippen LogP contribution in [0.3, 0.4) is 0 Å². The first kappa shape index (κ1) is 16.2. The van der Waals surface area contributed by atoms with Crippen molar-refractivity contribution >= 4 is 10.0 Å². The molecule has 2 rings (SSSR count). The molecule has 1 N–H and O–H groups in total. The van der Waals surface area contributed by atoms with E-state index in [4.69, 9.17) is 0 Å². The minimum Gasteiger partial charge on any atom is -0.317 e. The zero-order valence-electron chi connectivity index (χ0n) is 12.8. The largest absolute Gasteiger partial charge is 0.317 e. The average molecular weight is 302 g/mol. The Morgan fingerprint density at radius 1 is 1.05 bits per heavy atom. The van der Waals surface area contributed by atoms with E-state index in [-0.39, 0.29) is 6.04 Å². The molecule has 0 amide bonds. The number of hydrogen-bond donors (Lipinski definition) is 1. The van der Waals surface area contributed by atoms with Gasteiger partial charge in [-0.3, -0.25) is 0 Å². The molecule has 20 heavy (non-hydrogen) atoms. The van der Waals surface area contributed by atoms with Crippen molar-refractivity contribution in [1.29, 1.82) is 0 Å². The molecule has 0 atom stereocenters. The van der Waals surface area contributed by atoms with E-state index in [1.807, 2.05) is 4.31 Å². The van der Waals surface area contributed by atoms with Crippen LogP contribution in [0.4, 0.5) is 0 Å². The average Bonchev–Trinajstić information content (AvgIpc) is 2.46. The number of sulfonamides is 1. The summed E-state index contributed by atoms with van der Waals surface area (Å²) in [6, 6.07) is 0.227. The van der Waals surface area contributed by atoms with Crippen LogP contribution >= 0.6 is 0 Å². The van der Waals surface area contributed by atoms with Crippen molar-refractivity contribution in [2.24, 2.45) is 5.92 Å². The van der Waals surface area contributed by atoms with E-state index in [2.05, 4.69) is 12.2 Å². The van der Waals surface area contributed by atoms with Crippen LogP contribution in [-0.2, 0) is 10.0 Å². The summed E-state index contributed by atoms with van der Waals surface area (Å²) in [6.07, 6.45) is 8.74. The van der Waals surface area contributed by atoms with E-state index in [1.54, 1.807) is 0 Å². The Morgan fingerprint density at radius 2 is 1.70 bits per heavy atom. The van der Waals surface area contributed by atoms with Crippen molar-refractivity contribution in [2.75, 3.05) is 25.4 Å². The Hall–Kier alpha value is -0.130. The quantitative estimate of drug-likeness (QED) is 0.819. The molecule has 0 radical (unpaired) electrons. The fraction of sp³-hybridized carbons (Fsp3) is 1.00. The molecule has 118 valence electrons. The van der Waals surface area contributed by atoms with E-state index < -0.39 is 10.0 Å². The molecule has 0 spiro atoms. The summed E-state index contributed by atoms with van der Waals surface area (Å²) in [5.74, 6) is 0.784. The van der Waals surface area contributed by atoms with Gasteiger partial charge in [0, 0.05) is 12.6 Å². The van der Waals surface area contributed by atoms with E-state index in [0.29, 0.717) is 18.2 Å². The van der Waals surface area contributed by atoms with Crippen LogP contribution in [0.5, 0.6) is 0 Å². The zero-order chi connectivity index (χ0) is 14.4. The third-order valence-electron chi connectivity index (χ3n) is 4.69. The Labute approximate surface area is 124 Å². The predicted octanol–water partition coefficient (Wildman–Crippen LogP) is 2.36. The van der Waals surface area contributed by atoms with Crippen molar-refractivity contribution in [1.82, 2.24) is 9.62 Å². The van der Waals surface area contributed by atoms with Gasteiger partial charge in [0.05, 0.1) is 5.75 Å². The molecule has 0 bridgehead atoms. The highest BCUT2D eigenvalue weighted by atomic mass is 32.2. The maximum absolute atomic E-state index is 12.8. The topological polar surface area (TPSA) is 49.4 Å². The van der Waals surface area contributed by atoms with Gasteiger partial charge in [0.25, 0.3) is 0 Å². The number of piperidine rings is 1. The van der Waals surface area contributed by atoms with Gasteiger partial charge in [-0.1, -0.05) is 26.2 Å². The zero-order valence-corrected chi connectivity index (χ0v) is 13.6. The van der Waals surface area contributed by atoms with Crippen LogP contribution in [0.1, 0.15) is 58.3 Å². The third kappa shape index (κ3) is 4.43. The number of rotatable bonds is 6. The highest BCUT2D eigenvalue weighted by Gasteiger charge is 2.32. The standard InChI is InChI=1S/C15H30N2O2S/c1-2-12-17(15-8-10-16-11-9-15)20(18,19)13-14-6-4-3-5-7-14/h14-16H,2-13H2,1H3. The molecule has 5 heteroatoms. The lowest BCUT2D eigenvalue weighted by Crippen LogP contribution is -2.47. The molecule has 4 nitrogen and oxygen atoms in total. The lowest BCUT2D eigenvalue weighted by molar-refractivity contribution is 0.259. The Morgan fingerprint density at radius 3 is 2.30 bits per heavy atom. The van der Waals surface area contributed by atoms with Crippen LogP contribution < -0.4 is 5.32 Å². The van der Waals surface area contributed by atoms with Crippen LogP contribution in [0.25, 0.3) is 0 Å². The lowest BCUT2D eigenvalue weighted by Gasteiger charge is -2.35. The smallest absolute Gasteiger partial charge is 0.214 e. The molecule has 1 saturated heterocycles. The second-order valence-corrected chi connectivity index (χ2v) is 8.34. The SMILES string of the molecule is CCCN(C1CCNCC1)S(=O)(=O)CC1CCCCC1. The van der Waals surface area contributed by atoms with Gasteiger partial charge in [-0.2, -0.15) is 4.31 Å². The first-order valence-electron chi connectivity index (χ1n) is 8.33. The molecular weight excluding hydrogens is 272 g/mol. The summed E-state index contributed by atoms with van der Waals surface area (Å²) in [5.41, 5.74) is 0. The van der Waals surface area contributed by atoms with Gasteiger partial charge < -0.3 is 5.32 Å². The van der Waals surface area contributed by atoms with Crippen LogP contribution in [0.15, 0.2) is 0 Å². The van der Waals surface area contributed by atoms with Crippen molar-refractivity contribution in [3.8, 4) is 0 Å². The first-order chi connectivity index (χ1) is 9.63. The second kappa shape index (κ2) is 7.76. The predicted molar refractivity (Wildman–Crippen MR) is 83.3 cm³/mol. The molecule has 0 aromatic rings. The van der Waals surface area contributed by atoms with Crippen molar-refractivity contribution in [3.05, 3.63) is 0 Å². The van der Waals surface area contributed by atoms with Gasteiger partial charge >= 0.3 is 0 Å². The molecule has 1 aliphatic carbocycles. The molecule has 0 aromatic carbocycles. The maximum atomic E-state index is 12.8. The van der Waals surface area contributed by atoms with Gasteiger partial charge in [0.2, 0.25) is 10.0 Å². The fourth-order valence-corrected chi connectivity index (χ4v) is 5.86. The van der Waals surface area contributed by atoms with Crippen LogP contribution in [0.2, 0.25) is 0 Å². The van der Waals surface area contributed by atoms with Crippen molar-refractivity contribution in [2.45, 2.75) is 64.3 Å². The Bertz CT molecular complexity index is 371. The molecule has 2 aliphatic rings. The molecule has 1 saturated carbocycles.